The average molecular weight is 301 g/mol. The molecule has 2 rings (SSSR count). The van der Waals surface area contributed by atoms with Gasteiger partial charge in [0.2, 0.25) is 0 Å². The third-order valence-corrected chi connectivity index (χ3v) is 3.27. The molecule has 5 nitrogen and oxygen atoms in total. The van der Waals surface area contributed by atoms with Crippen molar-refractivity contribution in [1.82, 2.24) is 0 Å². The van der Waals surface area contributed by atoms with E-state index in [-0.39, 0.29) is 12.5 Å². The fourth-order valence-corrected chi connectivity index (χ4v) is 2.18. The first-order valence-electron chi connectivity index (χ1n) is 7.13. The second-order valence-corrected chi connectivity index (χ2v) is 4.96. The molecule has 116 valence electrons. The van der Waals surface area contributed by atoms with Crippen molar-refractivity contribution in [3.05, 3.63) is 53.0 Å². The van der Waals surface area contributed by atoms with E-state index in [0.29, 0.717) is 17.1 Å². The SMILES string of the molecule is CCc1ccccc1NC(=O)COC(=O)c1cc(C)oc1C. The lowest BCUT2D eigenvalue weighted by molar-refractivity contribution is -0.119. The van der Waals surface area contributed by atoms with Crippen molar-refractivity contribution in [1.29, 1.82) is 0 Å². The van der Waals surface area contributed by atoms with E-state index < -0.39 is 5.97 Å². The number of carbonyl (C=O) groups is 2. The van der Waals surface area contributed by atoms with Crippen molar-refractivity contribution in [3.63, 3.8) is 0 Å². The summed E-state index contributed by atoms with van der Waals surface area (Å²) in [5, 5.41) is 2.75. The van der Waals surface area contributed by atoms with Crippen molar-refractivity contribution in [3.8, 4) is 0 Å². The Morgan fingerprint density at radius 2 is 1.95 bits per heavy atom. The van der Waals surface area contributed by atoms with E-state index in [2.05, 4.69) is 5.32 Å². The number of aryl methyl sites for hydroxylation is 3. The molecule has 0 aliphatic heterocycles. The van der Waals surface area contributed by atoms with Gasteiger partial charge in [-0.3, -0.25) is 4.79 Å². The van der Waals surface area contributed by atoms with Crippen LogP contribution in [0.4, 0.5) is 5.69 Å². The van der Waals surface area contributed by atoms with Crippen LogP contribution in [0, 0.1) is 13.8 Å². The number of amides is 1. The van der Waals surface area contributed by atoms with Gasteiger partial charge in [0.15, 0.2) is 6.61 Å². The summed E-state index contributed by atoms with van der Waals surface area (Å²) in [6.07, 6.45) is 0.809. The predicted molar refractivity (Wildman–Crippen MR) is 82.9 cm³/mol. The molecular formula is C17H19NO4. The molecule has 22 heavy (non-hydrogen) atoms. The summed E-state index contributed by atoms with van der Waals surface area (Å²) in [6, 6.07) is 9.13. The second-order valence-electron chi connectivity index (χ2n) is 4.96. The van der Waals surface area contributed by atoms with Gasteiger partial charge in [-0.2, -0.15) is 0 Å². The van der Waals surface area contributed by atoms with Gasteiger partial charge in [-0.05, 0) is 38.0 Å². The number of hydrogen-bond acceptors (Lipinski definition) is 4. The number of nitrogens with one attached hydrogen (secondary N) is 1. The molecule has 0 spiro atoms. The molecule has 0 atom stereocenters. The Kier molecular flexibility index (Phi) is 4.99. The number of rotatable bonds is 5. The Morgan fingerprint density at radius 3 is 2.59 bits per heavy atom. The Hall–Kier alpha value is -2.56. The topological polar surface area (TPSA) is 68.5 Å². The molecule has 0 unspecified atom stereocenters. The molecule has 0 aliphatic rings. The summed E-state index contributed by atoms with van der Waals surface area (Å²) < 4.78 is 10.3. The molecular weight excluding hydrogens is 282 g/mol. The molecule has 2 aromatic rings. The lowest BCUT2D eigenvalue weighted by atomic mass is 10.1. The molecule has 1 heterocycles. The summed E-state index contributed by atoms with van der Waals surface area (Å²) in [6.45, 7) is 5.11. The first kappa shape index (κ1) is 15.8. The normalized spacial score (nSPS) is 10.3. The monoisotopic (exact) mass is 301 g/mol. The number of ether oxygens (including phenoxy) is 1. The van der Waals surface area contributed by atoms with Crippen LogP contribution >= 0.6 is 0 Å². The molecule has 1 aromatic heterocycles. The minimum Gasteiger partial charge on any atom is -0.466 e. The highest BCUT2D eigenvalue weighted by atomic mass is 16.5. The largest absolute Gasteiger partial charge is 0.466 e. The van der Waals surface area contributed by atoms with E-state index in [9.17, 15) is 9.59 Å². The minimum absolute atomic E-state index is 0.333. The molecule has 1 aromatic carbocycles. The standard InChI is InChI=1S/C17H19NO4/c1-4-13-7-5-6-8-15(13)18-16(19)10-21-17(20)14-9-11(2)22-12(14)3/h5-9H,4,10H2,1-3H3,(H,18,19). The molecule has 0 bridgehead atoms. The number of para-hydroxylation sites is 1. The van der Waals surface area contributed by atoms with Gasteiger partial charge < -0.3 is 14.5 Å². The van der Waals surface area contributed by atoms with Crippen molar-refractivity contribution in [2.24, 2.45) is 0 Å². The maximum atomic E-state index is 11.9. The summed E-state index contributed by atoms with van der Waals surface area (Å²) in [5.74, 6) is 0.186. The van der Waals surface area contributed by atoms with Gasteiger partial charge in [-0.15, -0.1) is 0 Å². The fraction of sp³-hybridized carbons (Fsp3) is 0.294. The summed E-state index contributed by atoms with van der Waals surface area (Å²) in [4.78, 5) is 23.8. The zero-order valence-corrected chi connectivity index (χ0v) is 12.9. The van der Waals surface area contributed by atoms with Crippen molar-refractivity contribution < 1.29 is 18.7 Å². The zero-order valence-electron chi connectivity index (χ0n) is 12.9. The Morgan fingerprint density at radius 1 is 1.23 bits per heavy atom. The lowest BCUT2D eigenvalue weighted by Crippen LogP contribution is -2.21. The zero-order chi connectivity index (χ0) is 16.1. The van der Waals surface area contributed by atoms with E-state index >= 15 is 0 Å². The highest BCUT2D eigenvalue weighted by Gasteiger charge is 2.16. The summed E-state index contributed by atoms with van der Waals surface area (Å²) >= 11 is 0. The first-order chi connectivity index (χ1) is 10.5. The molecule has 0 radical (unpaired) electrons. The number of benzene rings is 1. The lowest BCUT2D eigenvalue weighted by Gasteiger charge is -2.09. The quantitative estimate of drug-likeness (QED) is 0.861. The van der Waals surface area contributed by atoms with Crippen molar-refractivity contribution in [2.75, 3.05) is 11.9 Å². The van der Waals surface area contributed by atoms with Crippen LogP contribution in [0.5, 0.6) is 0 Å². The van der Waals surface area contributed by atoms with Crippen molar-refractivity contribution in [2.45, 2.75) is 27.2 Å². The van der Waals surface area contributed by atoms with E-state index in [1.165, 1.54) is 0 Å². The molecule has 0 fully saturated rings. The van der Waals surface area contributed by atoms with Crippen LogP contribution in [0.25, 0.3) is 0 Å². The number of carbonyl (C=O) groups excluding carboxylic acids is 2. The maximum absolute atomic E-state index is 11.9. The van der Waals surface area contributed by atoms with Gasteiger partial charge in [0.25, 0.3) is 5.91 Å². The first-order valence-corrected chi connectivity index (χ1v) is 7.13. The van der Waals surface area contributed by atoms with Crippen LogP contribution in [-0.2, 0) is 16.0 Å². The van der Waals surface area contributed by atoms with Crippen LogP contribution in [0.1, 0.15) is 34.4 Å². The number of hydrogen-bond donors (Lipinski definition) is 1. The molecule has 5 heteroatoms. The minimum atomic E-state index is -0.562. The van der Waals surface area contributed by atoms with E-state index in [4.69, 9.17) is 9.15 Å². The third-order valence-electron chi connectivity index (χ3n) is 3.27. The number of furan rings is 1. The molecule has 0 aliphatic carbocycles. The second kappa shape index (κ2) is 6.93. The van der Waals surface area contributed by atoms with Gasteiger partial charge in [0.1, 0.15) is 17.1 Å². The molecule has 1 amide bonds. The smallest absolute Gasteiger partial charge is 0.342 e. The van der Waals surface area contributed by atoms with E-state index in [0.717, 1.165) is 17.7 Å². The fourth-order valence-electron chi connectivity index (χ4n) is 2.18. The van der Waals surface area contributed by atoms with Crippen LogP contribution < -0.4 is 5.32 Å². The van der Waals surface area contributed by atoms with Gasteiger partial charge in [-0.1, -0.05) is 25.1 Å². The summed E-state index contributed by atoms with van der Waals surface area (Å²) in [7, 11) is 0. The van der Waals surface area contributed by atoms with Crippen molar-refractivity contribution >= 4 is 17.6 Å². The maximum Gasteiger partial charge on any atom is 0.342 e. The Balaban J connectivity index is 1.93. The number of esters is 1. The highest BCUT2D eigenvalue weighted by Crippen LogP contribution is 2.16. The van der Waals surface area contributed by atoms with E-state index in [1.807, 2.05) is 31.2 Å². The van der Waals surface area contributed by atoms with E-state index in [1.54, 1.807) is 19.9 Å². The predicted octanol–water partition coefficient (Wildman–Crippen LogP) is 3.25. The molecule has 1 N–H and O–H groups in total. The summed E-state index contributed by atoms with van der Waals surface area (Å²) in [5.41, 5.74) is 2.11. The Labute approximate surface area is 129 Å². The molecule has 0 saturated carbocycles. The van der Waals surface area contributed by atoms with Gasteiger partial charge in [0, 0.05) is 5.69 Å². The van der Waals surface area contributed by atoms with Crippen LogP contribution in [0.15, 0.2) is 34.7 Å². The van der Waals surface area contributed by atoms with Crippen LogP contribution in [0.3, 0.4) is 0 Å². The Bertz CT molecular complexity index is 688. The molecule has 0 saturated heterocycles. The van der Waals surface area contributed by atoms with Gasteiger partial charge >= 0.3 is 5.97 Å². The van der Waals surface area contributed by atoms with Gasteiger partial charge in [-0.25, -0.2) is 4.79 Å². The van der Waals surface area contributed by atoms with Crippen LogP contribution in [-0.4, -0.2) is 18.5 Å². The highest BCUT2D eigenvalue weighted by molar-refractivity contribution is 5.96. The number of anilines is 1. The third kappa shape index (κ3) is 3.75. The average Bonchev–Trinajstić information content (AvgIpc) is 2.84. The van der Waals surface area contributed by atoms with Gasteiger partial charge in [0.05, 0.1) is 0 Å². The van der Waals surface area contributed by atoms with Crippen LogP contribution in [0.2, 0.25) is 0 Å².